The van der Waals surface area contributed by atoms with Crippen molar-refractivity contribution in [3.63, 3.8) is 0 Å². The molecular formula is C22H29N3OS3Si. The van der Waals surface area contributed by atoms with Gasteiger partial charge in [0, 0.05) is 6.04 Å². The molecule has 0 heterocycles. The van der Waals surface area contributed by atoms with Crippen LogP contribution >= 0.6 is 36.7 Å². The molecule has 4 nitrogen and oxygen atoms in total. The largest absolute Gasteiger partial charge is 0.494 e. The number of benzene rings is 1. The van der Waals surface area contributed by atoms with Crippen molar-refractivity contribution in [2.24, 2.45) is 25.8 Å². The second-order valence-electron chi connectivity index (χ2n) is 7.90. The fraction of sp³-hybridized carbons (Fsp3) is 0.591. The molecule has 0 radical (unpaired) electrons. The zero-order valence-corrected chi connectivity index (χ0v) is 21.1. The third-order valence-corrected chi connectivity index (χ3v) is 9.37. The van der Waals surface area contributed by atoms with Gasteiger partial charge in [-0.05, 0) is 104 Å². The number of hydrogen-bond acceptors (Lipinski definition) is 7. The monoisotopic (exact) mass is 475 g/mol. The molecule has 1 aliphatic carbocycles. The Morgan fingerprint density at radius 2 is 1.57 bits per heavy atom. The van der Waals surface area contributed by atoms with Crippen LogP contribution in [0, 0.1) is 11.8 Å². The lowest BCUT2D eigenvalue weighted by Gasteiger charge is -2.32. The van der Waals surface area contributed by atoms with Gasteiger partial charge in [0.25, 0.3) is 0 Å². The first-order valence-corrected chi connectivity index (χ1v) is 13.8. The van der Waals surface area contributed by atoms with Crippen LogP contribution in [0.4, 0.5) is 0 Å². The zero-order chi connectivity index (χ0) is 21.8. The summed E-state index contributed by atoms with van der Waals surface area (Å²) in [5.41, 5.74) is 1.43. The van der Waals surface area contributed by atoms with Gasteiger partial charge in [-0.2, -0.15) is 0 Å². The number of nitrogens with zero attached hydrogens (tertiary/aromatic N) is 3. The Bertz CT molecular complexity index is 775. The Labute approximate surface area is 197 Å². The number of rotatable bonds is 11. The highest BCUT2D eigenvalue weighted by Crippen LogP contribution is 2.39. The molecule has 1 saturated carbocycles. The Kier molecular flexibility index (Phi) is 10.9. The van der Waals surface area contributed by atoms with E-state index >= 15 is 0 Å². The zero-order valence-electron chi connectivity index (χ0n) is 17.7. The van der Waals surface area contributed by atoms with E-state index in [0.29, 0.717) is 25.0 Å². The molecule has 1 unspecified atom stereocenters. The first-order valence-electron chi connectivity index (χ1n) is 10.6. The molecule has 1 atom stereocenters. The number of isothiocyanates is 3. The maximum atomic E-state index is 5.90. The van der Waals surface area contributed by atoms with Crippen molar-refractivity contribution in [1.82, 2.24) is 0 Å². The predicted molar refractivity (Wildman–Crippen MR) is 136 cm³/mol. The molecule has 0 N–H and O–H groups in total. The first-order chi connectivity index (χ1) is 14.6. The fourth-order valence-electron chi connectivity index (χ4n) is 4.15. The lowest BCUT2D eigenvalue weighted by molar-refractivity contribution is 0.240. The second kappa shape index (κ2) is 13.1. The van der Waals surface area contributed by atoms with Crippen LogP contribution in [0.25, 0.3) is 0 Å². The molecule has 0 amide bonds. The summed E-state index contributed by atoms with van der Waals surface area (Å²) in [7, 11) is -2.83. The van der Waals surface area contributed by atoms with E-state index in [1.165, 1.54) is 37.7 Å². The van der Waals surface area contributed by atoms with E-state index in [2.05, 4.69) is 67.6 Å². The minimum atomic E-state index is -2.83. The van der Waals surface area contributed by atoms with E-state index in [-0.39, 0.29) is 0 Å². The van der Waals surface area contributed by atoms with Crippen LogP contribution in [-0.4, -0.2) is 30.6 Å². The molecule has 30 heavy (non-hydrogen) atoms. The van der Waals surface area contributed by atoms with Gasteiger partial charge in [-0.15, -0.1) is 0 Å². The molecule has 1 aliphatic rings. The summed E-state index contributed by atoms with van der Waals surface area (Å²) in [4.78, 5) is 0. The highest BCUT2D eigenvalue weighted by atomic mass is 32.1. The van der Waals surface area contributed by atoms with Crippen molar-refractivity contribution < 1.29 is 4.74 Å². The Hall–Kier alpha value is -1.36. The Morgan fingerprint density at radius 1 is 1.00 bits per heavy atom. The minimum Gasteiger partial charge on any atom is -0.494 e. The molecule has 8 heteroatoms. The van der Waals surface area contributed by atoms with Gasteiger partial charge in [0.2, 0.25) is 0 Å². The van der Waals surface area contributed by atoms with Gasteiger partial charge >= 0.3 is 8.56 Å². The van der Waals surface area contributed by atoms with Crippen molar-refractivity contribution in [3.8, 4) is 5.75 Å². The van der Waals surface area contributed by atoms with E-state index in [4.69, 9.17) is 41.4 Å². The second-order valence-corrected chi connectivity index (χ2v) is 11.2. The highest BCUT2D eigenvalue weighted by molar-refractivity contribution is 7.78. The van der Waals surface area contributed by atoms with Crippen LogP contribution in [0.3, 0.4) is 0 Å². The molecule has 0 aromatic heterocycles. The molecule has 2 rings (SSSR count). The van der Waals surface area contributed by atoms with Crippen LogP contribution in [0.15, 0.2) is 38.2 Å². The average Bonchev–Trinajstić information content (AvgIpc) is 2.77. The van der Waals surface area contributed by atoms with E-state index in [0.717, 1.165) is 17.6 Å². The summed E-state index contributed by atoms with van der Waals surface area (Å²) in [5.74, 6) is 3.30. The maximum absolute atomic E-state index is 5.90. The van der Waals surface area contributed by atoms with Gasteiger partial charge < -0.3 is 4.74 Å². The molecule has 1 fully saturated rings. The standard InChI is InChI=1S/C22H29N3OS3Si/c1-3-18(2)19-5-7-20(8-6-19)21-9-11-22(12-10-21)26-13-4-14-30(23-15-27,24-16-28)25-17-29/h9-12,18-20H,3-8,13-14H2,1-2H3. The molecule has 0 saturated heterocycles. The SMILES string of the molecule is CCC(C)C1CCC(c2ccc(OCCC[Si](N=C=S)(N=C=S)N=C=S)cc2)CC1. The van der Waals surface area contributed by atoms with Gasteiger partial charge in [-0.3, -0.25) is 0 Å². The molecular weight excluding hydrogens is 447 g/mol. The average molecular weight is 476 g/mol. The minimum absolute atomic E-state index is 0.529. The van der Waals surface area contributed by atoms with Crippen molar-refractivity contribution in [1.29, 1.82) is 0 Å². The van der Waals surface area contributed by atoms with E-state index in [9.17, 15) is 0 Å². The summed E-state index contributed by atoms with van der Waals surface area (Å²) >= 11 is 14.2. The molecule has 0 bridgehead atoms. The van der Waals surface area contributed by atoms with Crippen LogP contribution < -0.4 is 4.74 Å². The van der Waals surface area contributed by atoms with Gasteiger partial charge in [0.05, 0.1) is 22.1 Å². The van der Waals surface area contributed by atoms with Gasteiger partial charge in [0.1, 0.15) is 5.75 Å². The van der Waals surface area contributed by atoms with Crippen LogP contribution in [0.1, 0.15) is 63.9 Å². The van der Waals surface area contributed by atoms with Crippen molar-refractivity contribution in [2.45, 2.75) is 64.3 Å². The normalized spacial score (nSPS) is 21.1. The third kappa shape index (κ3) is 7.40. The quantitative estimate of drug-likeness (QED) is 0.149. The van der Waals surface area contributed by atoms with Crippen LogP contribution in [-0.2, 0) is 0 Å². The number of thiocarbonyl (C=S) groups is 3. The maximum Gasteiger partial charge on any atom is 0.461 e. The van der Waals surface area contributed by atoms with E-state index in [1.807, 2.05) is 0 Å². The summed E-state index contributed by atoms with van der Waals surface area (Å²) in [6, 6.07) is 9.14. The molecule has 1 aromatic rings. The van der Waals surface area contributed by atoms with E-state index < -0.39 is 8.56 Å². The number of hydrogen-bond donors (Lipinski definition) is 0. The van der Waals surface area contributed by atoms with Crippen LogP contribution in [0.5, 0.6) is 5.75 Å². The summed E-state index contributed by atoms with van der Waals surface area (Å²) in [6.45, 7) is 5.23. The summed E-state index contributed by atoms with van der Waals surface area (Å²) in [5, 5.41) is 7.07. The topological polar surface area (TPSA) is 46.3 Å². The van der Waals surface area contributed by atoms with Crippen LogP contribution in [0.2, 0.25) is 6.04 Å². The van der Waals surface area contributed by atoms with Gasteiger partial charge in [-0.1, -0.05) is 32.4 Å². The summed E-state index contributed by atoms with van der Waals surface area (Å²) in [6.07, 6.45) is 7.28. The smallest absolute Gasteiger partial charge is 0.461 e. The lowest BCUT2D eigenvalue weighted by Crippen LogP contribution is -2.28. The summed E-state index contributed by atoms with van der Waals surface area (Å²) < 4.78 is 18.3. The highest BCUT2D eigenvalue weighted by Gasteiger charge is 2.34. The van der Waals surface area contributed by atoms with Gasteiger partial charge in [-0.25, -0.2) is 14.0 Å². The van der Waals surface area contributed by atoms with Crippen molar-refractivity contribution >= 4 is 60.7 Å². The fourth-order valence-corrected chi connectivity index (χ4v) is 7.01. The predicted octanol–water partition coefficient (Wildman–Crippen LogP) is 7.02. The molecule has 1 aromatic carbocycles. The molecule has 0 spiro atoms. The Morgan fingerprint density at radius 3 is 2.07 bits per heavy atom. The number of ether oxygens (including phenoxy) is 1. The van der Waals surface area contributed by atoms with E-state index in [1.54, 1.807) is 0 Å². The van der Waals surface area contributed by atoms with Crippen molar-refractivity contribution in [2.75, 3.05) is 6.61 Å². The third-order valence-electron chi connectivity index (χ3n) is 6.17. The first kappa shape index (κ1) is 24.9. The molecule has 160 valence electrons. The Balaban J connectivity index is 1.84. The lowest BCUT2D eigenvalue weighted by atomic mass is 9.74. The van der Waals surface area contributed by atoms with Crippen molar-refractivity contribution in [3.05, 3.63) is 29.8 Å². The molecule has 0 aliphatic heterocycles. The van der Waals surface area contributed by atoms with Gasteiger partial charge in [0.15, 0.2) is 0 Å².